The van der Waals surface area contributed by atoms with Crippen LogP contribution in [0.3, 0.4) is 0 Å². The van der Waals surface area contributed by atoms with Gasteiger partial charge in [0.2, 0.25) is 15.9 Å². The van der Waals surface area contributed by atoms with Gasteiger partial charge in [0.25, 0.3) is 0 Å². The Morgan fingerprint density at radius 3 is 2.31 bits per heavy atom. The van der Waals surface area contributed by atoms with Gasteiger partial charge in [0, 0.05) is 32.2 Å². The second-order valence-corrected chi connectivity index (χ2v) is 8.19. The van der Waals surface area contributed by atoms with E-state index >= 15 is 0 Å². The molecule has 0 amide bonds. The zero-order chi connectivity index (χ0) is 18.7. The summed E-state index contributed by atoms with van der Waals surface area (Å²) < 4.78 is 32.6. The summed E-state index contributed by atoms with van der Waals surface area (Å²) in [7, 11) is -3.46. The van der Waals surface area contributed by atoms with Crippen molar-refractivity contribution < 1.29 is 13.2 Å². The van der Waals surface area contributed by atoms with Crippen LogP contribution < -0.4 is 9.64 Å². The van der Waals surface area contributed by atoms with Gasteiger partial charge in [-0.25, -0.2) is 13.4 Å². The van der Waals surface area contributed by atoms with E-state index in [4.69, 9.17) is 4.74 Å². The van der Waals surface area contributed by atoms with Crippen molar-refractivity contribution in [2.45, 2.75) is 25.7 Å². The Kier molecular flexibility index (Phi) is 5.43. The monoisotopic (exact) mass is 376 g/mol. The van der Waals surface area contributed by atoms with Crippen molar-refractivity contribution in [3.05, 3.63) is 41.7 Å². The Labute approximate surface area is 154 Å². The highest BCUT2D eigenvalue weighted by Gasteiger charge is 2.29. The van der Waals surface area contributed by atoms with Crippen molar-refractivity contribution in [2.24, 2.45) is 0 Å². The van der Waals surface area contributed by atoms with Gasteiger partial charge in [-0.3, -0.25) is 0 Å². The molecular formula is C18H24N4O3S. The van der Waals surface area contributed by atoms with Crippen molar-refractivity contribution in [3.63, 3.8) is 0 Å². The molecule has 0 spiro atoms. The molecule has 3 rings (SSSR count). The van der Waals surface area contributed by atoms with Crippen molar-refractivity contribution >= 4 is 15.8 Å². The number of aromatic nitrogens is 2. The van der Waals surface area contributed by atoms with E-state index in [2.05, 4.69) is 14.9 Å². The summed E-state index contributed by atoms with van der Waals surface area (Å²) >= 11 is 0. The second kappa shape index (κ2) is 7.59. The highest BCUT2D eigenvalue weighted by Crippen LogP contribution is 2.22. The minimum atomic E-state index is -3.46. The molecule has 1 aliphatic heterocycles. The van der Waals surface area contributed by atoms with E-state index in [1.165, 1.54) is 4.31 Å². The molecule has 1 aromatic heterocycles. The number of aryl methyl sites for hydroxylation is 2. The summed E-state index contributed by atoms with van der Waals surface area (Å²) in [6, 6.07) is 8.78. The molecule has 26 heavy (non-hydrogen) atoms. The molecule has 2 aromatic rings. The number of sulfonamides is 1. The van der Waals surface area contributed by atoms with Crippen molar-refractivity contribution in [3.8, 4) is 5.88 Å². The average Bonchev–Trinajstić information content (AvgIpc) is 2.62. The normalized spacial score (nSPS) is 15.9. The topological polar surface area (TPSA) is 75.6 Å². The van der Waals surface area contributed by atoms with Crippen LogP contribution in [0.15, 0.2) is 35.2 Å². The lowest BCUT2D eigenvalue weighted by atomic mass is 10.2. The number of benzene rings is 1. The summed E-state index contributed by atoms with van der Waals surface area (Å²) in [6.45, 7) is 8.20. The van der Waals surface area contributed by atoms with Gasteiger partial charge in [0.1, 0.15) is 11.6 Å². The van der Waals surface area contributed by atoms with E-state index in [0.29, 0.717) is 49.4 Å². The fourth-order valence-corrected chi connectivity index (χ4v) is 4.35. The number of ether oxygens (including phenoxy) is 1. The van der Waals surface area contributed by atoms with E-state index in [9.17, 15) is 8.42 Å². The third-order valence-corrected chi connectivity index (χ3v) is 6.23. The quantitative estimate of drug-likeness (QED) is 0.795. The molecule has 1 aliphatic rings. The summed E-state index contributed by atoms with van der Waals surface area (Å²) in [5, 5.41) is 0. The first-order valence-corrected chi connectivity index (χ1v) is 10.1. The predicted molar refractivity (Wildman–Crippen MR) is 100 cm³/mol. The molecule has 0 radical (unpaired) electrons. The van der Waals surface area contributed by atoms with Crippen molar-refractivity contribution in [1.82, 2.24) is 14.3 Å². The largest absolute Gasteiger partial charge is 0.478 e. The molecule has 0 N–H and O–H groups in total. The van der Waals surface area contributed by atoms with E-state index in [0.717, 1.165) is 11.4 Å². The number of nitrogens with zero attached hydrogens (tertiary/aromatic N) is 4. The summed E-state index contributed by atoms with van der Waals surface area (Å²) in [4.78, 5) is 11.1. The molecule has 1 fully saturated rings. The molecule has 1 saturated heterocycles. The summed E-state index contributed by atoms with van der Waals surface area (Å²) in [5.41, 5.74) is 1.04. The Hall–Kier alpha value is -2.19. The second-order valence-electron chi connectivity index (χ2n) is 6.25. The van der Waals surface area contributed by atoms with E-state index < -0.39 is 10.0 Å². The number of hydrogen-bond acceptors (Lipinski definition) is 6. The van der Waals surface area contributed by atoms with Crippen LogP contribution in [0.5, 0.6) is 5.88 Å². The number of hydrogen-bond donors (Lipinski definition) is 0. The van der Waals surface area contributed by atoms with Crippen LogP contribution in [0, 0.1) is 13.8 Å². The van der Waals surface area contributed by atoms with Crippen LogP contribution in [0.4, 0.5) is 5.82 Å². The fraction of sp³-hybridized carbons (Fsp3) is 0.444. The van der Waals surface area contributed by atoms with Gasteiger partial charge in [0.05, 0.1) is 11.5 Å². The van der Waals surface area contributed by atoms with Crippen molar-refractivity contribution in [1.29, 1.82) is 0 Å². The third kappa shape index (κ3) is 3.96. The van der Waals surface area contributed by atoms with Crippen LogP contribution in [0.1, 0.15) is 18.3 Å². The lowest BCUT2D eigenvalue weighted by Gasteiger charge is -2.34. The maximum Gasteiger partial charge on any atom is 0.243 e. The highest BCUT2D eigenvalue weighted by molar-refractivity contribution is 7.89. The average molecular weight is 376 g/mol. The molecule has 0 unspecified atom stereocenters. The minimum absolute atomic E-state index is 0.341. The fourth-order valence-electron chi connectivity index (χ4n) is 2.93. The molecule has 0 saturated carbocycles. The van der Waals surface area contributed by atoms with E-state index in [1.807, 2.05) is 32.9 Å². The first-order valence-electron chi connectivity index (χ1n) is 8.70. The zero-order valence-corrected chi connectivity index (χ0v) is 16.2. The van der Waals surface area contributed by atoms with Crippen LogP contribution in [-0.2, 0) is 10.0 Å². The maximum atomic E-state index is 12.8. The van der Waals surface area contributed by atoms with Gasteiger partial charge in [-0.15, -0.1) is 0 Å². The predicted octanol–water partition coefficient (Wildman–Crippen LogP) is 2.00. The summed E-state index contributed by atoms with van der Waals surface area (Å²) in [5.74, 6) is 1.96. The smallest absolute Gasteiger partial charge is 0.243 e. The van der Waals surface area contributed by atoms with Crippen LogP contribution >= 0.6 is 0 Å². The molecule has 0 atom stereocenters. The number of rotatable bonds is 5. The number of piperazine rings is 1. The molecule has 2 heterocycles. The third-order valence-electron chi connectivity index (χ3n) is 4.31. The van der Waals surface area contributed by atoms with Crippen molar-refractivity contribution in [2.75, 3.05) is 37.7 Å². The summed E-state index contributed by atoms with van der Waals surface area (Å²) in [6.07, 6.45) is 0. The van der Waals surface area contributed by atoms with Crippen LogP contribution in [0.25, 0.3) is 0 Å². The highest BCUT2D eigenvalue weighted by atomic mass is 32.2. The Morgan fingerprint density at radius 2 is 1.69 bits per heavy atom. The molecule has 1 aromatic carbocycles. The van der Waals surface area contributed by atoms with Gasteiger partial charge in [-0.05, 0) is 32.9 Å². The van der Waals surface area contributed by atoms with Gasteiger partial charge in [0.15, 0.2) is 0 Å². The van der Waals surface area contributed by atoms with E-state index in [1.54, 1.807) is 18.2 Å². The molecule has 140 valence electrons. The van der Waals surface area contributed by atoms with Gasteiger partial charge < -0.3 is 9.64 Å². The maximum absolute atomic E-state index is 12.8. The zero-order valence-electron chi connectivity index (χ0n) is 15.3. The standard InChI is InChI=1S/C18H24N4O3S/c1-4-25-18-13-17(19-15(3)20-18)21-9-11-22(12-10-21)26(23,24)16-7-5-14(2)6-8-16/h5-8,13H,4,9-12H2,1-3H3. The molecule has 7 nitrogen and oxygen atoms in total. The van der Waals surface area contributed by atoms with Crippen LogP contribution in [0.2, 0.25) is 0 Å². The Bertz CT molecular complexity index is 861. The van der Waals surface area contributed by atoms with Gasteiger partial charge in [-0.1, -0.05) is 17.7 Å². The lowest BCUT2D eigenvalue weighted by molar-refractivity contribution is 0.325. The molecular weight excluding hydrogens is 352 g/mol. The van der Waals surface area contributed by atoms with Gasteiger partial charge >= 0.3 is 0 Å². The Balaban J connectivity index is 1.72. The first kappa shape index (κ1) is 18.6. The lowest BCUT2D eigenvalue weighted by Crippen LogP contribution is -2.49. The molecule has 8 heteroatoms. The van der Waals surface area contributed by atoms with Crippen LogP contribution in [-0.4, -0.2) is 55.5 Å². The Morgan fingerprint density at radius 1 is 1.04 bits per heavy atom. The first-order chi connectivity index (χ1) is 12.4. The molecule has 0 bridgehead atoms. The SMILES string of the molecule is CCOc1cc(N2CCN(S(=O)(=O)c3ccc(C)cc3)CC2)nc(C)n1. The minimum Gasteiger partial charge on any atom is -0.478 e. The van der Waals surface area contributed by atoms with Gasteiger partial charge in [-0.2, -0.15) is 9.29 Å². The molecule has 0 aliphatic carbocycles. The number of anilines is 1. The van der Waals surface area contributed by atoms with E-state index in [-0.39, 0.29) is 0 Å².